The Labute approximate surface area is 173 Å². The molecule has 1 atom stereocenters. The van der Waals surface area contributed by atoms with Crippen molar-refractivity contribution in [1.29, 1.82) is 0 Å². The Morgan fingerprint density at radius 2 is 1.77 bits per heavy atom. The number of aromatic nitrogens is 2. The minimum Gasteiger partial charge on any atom is -0.370 e. The number of hydrogen-bond acceptors (Lipinski definition) is 6. The number of piperidine rings is 2. The van der Waals surface area contributed by atoms with Crippen molar-refractivity contribution in [2.75, 3.05) is 31.2 Å². The molecule has 0 spiro atoms. The molecule has 5 rings (SSSR count). The van der Waals surface area contributed by atoms with E-state index in [9.17, 15) is 14.4 Å². The molecule has 1 aromatic carbocycles. The van der Waals surface area contributed by atoms with Gasteiger partial charge in [-0.25, -0.2) is 4.79 Å². The standard InChI is InChI=1S/C21H26N4O5/c1-23-18-14(24-9-7-13(8-10-24)20-29-11-12-30-20)3-2-4-15(18)25(21(23)28)16-5-6-17(26)22-19(16)27/h2-4,13,16,20H,5-12H2,1H3,(H,22,26,27). The molecule has 1 N–H and O–H groups in total. The molecule has 0 bridgehead atoms. The molecular weight excluding hydrogens is 388 g/mol. The average Bonchev–Trinajstić information content (AvgIpc) is 3.37. The molecule has 0 aliphatic carbocycles. The third-order valence-electron chi connectivity index (χ3n) is 6.52. The number of imide groups is 1. The van der Waals surface area contributed by atoms with Crippen LogP contribution in [-0.2, 0) is 26.1 Å². The first kappa shape index (κ1) is 19.3. The molecule has 0 saturated carbocycles. The van der Waals surface area contributed by atoms with E-state index >= 15 is 0 Å². The van der Waals surface area contributed by atoms with E-state index in [1.165, 1.54) is 4.57 Å². The molecule has 3 fully saturated rings. The fourth-order valence-corrected chi connectivity index (χ4v) is 4.96. The van der Waals surface area contributed by atoms with Gasteiger partial charge in [-0.2, -0.15) is 0 Å². The molecular formula is C21H26N4O5. The Morgan fingerprint density at radius 3 is 2.47 bits per heavy atom. The van der Waals surface area contributed by atoms with Crippen molar-refractivity contribution in [3.63, 3.8) is 0 Å². The van der Waals surface area contributed by atoms with Crippen molar-refractivity contribution in [2.45, 2.75) is 38.0 Å². The summed E-state index contributed by atoms with van der Waals surface area (Å²) in [5.41, 5.74) is 2.29. The van der Waals surface area contributed by atoms with Gasteiger partial charge < -0.3 is 14.4 Å². The lowest BCUT2D eigenvalue weighted by molar-refractivity contribution is -0.135. The van der Waals surface area contributed by atoms with E-state index in [-0.39, 0.29) is 24.3 Å². The second-order valence-corrected chi connectivity index (χ2v) is 8.26. The van der Waals surface area contributed by atoms with Crippen molar-refractivity contribution in [2.24, 2.45) is 13.0 Å². The van der Waals surface area contributed by atoms with Gasteiger partial charge in [-0.3, -0.25) is 24.0 Å². The van der Waals surface area contributed by atoms with Crippen LogP contribution >= 0.6 is 0 Å². The number of carbonyl (C=O) groups is 2. The number of para-hydroxylation sites is 1. The Kier molecular flexibility index (Phi) is 4.86. The SMILES string of the molecule is Cn1c(=O)n(C2CCC(=O)NC2=O)c2cccc(N3CCC(C4OCCO4)CC3)c21. The largest absolute Gasteiger partial charge is 0.370 e. The fourth-order valence-electron chi connectivity index (χ4n) is 4.96. The summed E-state index contributed by atoms with van der Waals surface area (Å²) in [7, 11) is 1.74. The van der Waals surface area contributed by atoms with Crippen LogP contribution < -0.4 is 15.9 Å². The number of amides is 2. The second-order valence-electron chi connectivity index (χ2n) is 8.26. The normalized spacial score (nSPS) is 24.0. The minimum absolute atomic E-state index is 0.0964. The first-order chi connectivity index (χ1) is 14.5. The molecule has 9 heteroatoms. The van der Waals surface area contributed by atoms with Crippen molar-refractivity contribution in [3.05, 3.63) is 28.7 Å². The number of nitrogens with one attached hydrogen (secondary N) is 1. The van der Waals surface area contributed by atoms with Gasteiger partial charge in [-0.1, -0.05) is 6.07 Å². The van der Waals surface area contributed by atoms with E-state index in [0.29, 0.717) is 25.6 Å². The van der Waals surface area contributed by atoms with Gasteiger partial charge in [0, 0.05) is 32.5 Å². The van der Waals surface area contributed by atoms with Gasteiger partial charge in [-0.15, -0.1) is 0 Å². The Hall–Kier alpha value is -2.65. The quantitative estimate of drug-likeness (QED) is 0.751. The molecule has 3 saturated heterocycles. The van der Waals surface area contributed by atoms with Crippen LogP contribution in [0.3, 0.4) is 0 Å². The first-order valence-corrected chi connectivity index (χ1v) is 10.6. The van der Waals surface area contributed by atoms with E-state index in [1.807, 2.05) is 18.2 Å². The van der Waals surface area contributed by atoms with Crippen LogP contribution in [0.1, 0.15) is 31.7 Å². The molecule has 160 valence electrons. The molecule has 9 nitrogen and oxygen atoms in total. The third-order valence-corrected chi connectivity index (χ3v) is 6.52. The minimum atomic E-state index is -0.670. The van der Waals surface area contributed by atoms with Gasteiger partial charge in [-0.05, 0) is 31.4 Å². The van der Waals surface area contributed by atoms with Gasteiger partial charge in [0.05, 0.1) is 29.9 Å². The average molecular weight is 414 g/mol. The number of imidazole rings is 1. The highest BCUT2D eigenvalue weighted by molar-refractivity contribution is 6.00. The lowest BCUT2D eigenvalue weighted by Gasteiger charge is -2.35. The molecule has 1 aromatic heterocycles. The monoisotopic (exact) mass is 414 g/mol. The Bertz CT molecular complexity index is 1040. The summed E-state index contributed by atoms with van der Waals surface area (Å²) in [6.45, 7) is 3.04. The van der Waals surface area contributed by atoms with E-state index in [2.05, 4.69) is 10.2 Å². The van der Waals surface area contributed by atoms with Crippen molar-refractivity contribution >= 4 is 28.5 Å². The number of carbonyl (C=O) groups excluding carboxylic acids is 2. The van der Waals surface area contributed by atoms with Crippen LogP contribution in [0.5, 0.6) is 0 Å². The van der Waals surface area contributed by atoms with Crippen LogP contribution in [0, 0.1) is 5.92 Å². The molecule has 4 heterocycles. The first-order valence-electron chi connectivity index (χ1n) is 10.6. The third kappa shape index (κ3) is 3.13. The Balaban J connectivity index is 1.47. The lowest BCUT2D eigenvalue weighted by Crippen LogP contribution is -2.44. The van der Waals surface area contributed by atoms with Gasteiger partial charge in [0.25, 0.3) is 0 Å². The summed E-state index contributed by atoms with van der Waals surface area (Å²) < 4.78 is 14.5. The molecule has 3 aliphatic rings. The zero-order valence-electron chi connectivity index (χ0n) is 17.0. The Morgan fingerprint density at radius 1 is 1.03 bits per heavy atom. The van der Waals surface area contributed by atoms with E-state index < -0.39 is 11.9 Å². The highest BCUT2D eigenvalue weighted by Crippen LogP contribution is 2.33. The van der Waals surface area contributed by atoms with Crippen LogP contribution in [-0.4, -0.2) is 53.5 Å². The summed E-state index contributed by atoms with van der Waals surface area (Å²) in [6, 6.07) is 5.15. The number of ether oxygens (including phenoxy) is 2. The lowest BCUT2D eigenvalue weighted by atomic mass is 9.95. The zero-order chi connectivity index (χ0) is 20.8. The maximum absolute atomic E-state index is 13.1. The van der Waals surface area contributed by atoms with Crippen LogP contribution in [0.15, 0.2) is 23.0 Å². The smallest absolute Gasteiger partial charge is 0.329 e. The maximum Gasteiger partial charge on any atom is 0.329 e. The van der Waals surface area contributed by atoms with Gasteiger partial charge in [0.2, 0.25) is 11.8 Å². The second kappa shape index (κ2) is 7.55. The van der Waals surface area contributed by atoms with Crippen LogP contribution in [0.4, 0.5) is 5.69 Å². The van der Waals surface area contributed by atoms with Crippen molar-refractivity contribution < 1.29 is 19.1 Å². The molecule has 2 aromatic rings. The highest BCUT2D eigenvalue weighted by Gasteiger charge is 2.34. The van der Waals surface area contributed by atoms with Gasteiger partial charge >= 0.3 is 5.69 Å². The van der Waals surface area contributed by atoms with Crippen molar-refractivity contribution in [1.82, 2.24) is 14.5 Å². The number of anilines is 1. The molecule has 2 amide bonds. The van der Waals surface area contributed by atoms with Gasteiger partial charge in [0.1, 0.15) is 6.04 Å². The molecule has 0 radical (unpaired) electrons. The van der Waals surface area contributed by atoms with Gasteiger partial charge in [0.15, 0.2) is 6.29 Å². The number of rotatable bonds is 3. The topological polar surface area (TPSA) is 94.8 Å². The fraction of sp³-hybridized carbons (Fsp3) is 0.571. The van der Waals surface area contributed by atoms with E-state index in [4.69, 9.17) is 9.47 Å². The molecule has 1 unspecified atom stereocenters. The number of aryl methyl sites for hydroxylation is 1. The summed E-state index contributed by atoms with van der Waals surface area (Å²) in [6.07, 6.45) is 2.39. The highest BCUT2D eigenvalue weighted by atomic mass is 16.7. The summed E-state index contributed by atoms with van der Waals surface area (Å²) in [4.78, 5) is 39.3. The number of hydrogen-bond donors (Lipinski definition) is 1. The zero-order valence-corrected chi connectivity index (χ0v) is 17.0. The maximum atomic E-state index is 13.1. The predicted octanol–water partition coefficient (Wildman–Crippen LogP) is 0.907. The van der Waals surface area contributed by atoms with E-state index in [1.54, 1.807) is 11.6 Å². The predicted molar refractivity (Wildman–Crippen MR) is 109 cm³/mol. The number of fused-ring (bicyclic) bond motifs is 1. The summed E-state index contributed by atoms with van der Waals surface area (Å²) >= 11 is 0. The van der Waals surface area contributed by atoms with Crippen LogP contribution in [0.2, 0.25) is 0 Å². The van der Waals surface area contributed by atoms with Crippen LogP contribution in [0.25, 0.3) is 11.0 Å². The molecule has 3 aliphatic heterocycles. The van der Waals surface area contributed by atoms with E-state index in [0.717, 1.165) is 42.7 Å². The number of benzene rings is 1. The van der Waals surface area contributed by atoms with Crippen molar-refractivity contribution in [3.8, 4) is 0 Å². The number of nitrogens with zero attached hydrogens (tertiary/aromatic N) is 3. The molecule has 30 heavy (non-hydrogen) atoms. The summed E-state index contributed by atoms with van der Waals surface area (Å²) in [5.74, 6) is -0.313. The summed E-state index contributed by atoms with van der Waals surface area (Å²) in [5, 5.41) is 2.36.